The maximum Gasteiger partial charge on any atom is 0.188 e. The predicted molar refractivity (Wildman–Crippen MR) is 96.6 cm³/mol. The lowest BCUT2D eigenvalue weighted by Crippen LogP contribution is -2.40. The molecule has 3 rings (SSSR count). The zero-order valence-electron chi connectivity index (χ0n) is 14.0. The minimum absolute atomic E-state index is 0.512. The van der Waals surface area contributed by atoms with Crippen molar-refractivity contribution in [3.8, 4) is 0 Å². The van der Waals surface area contributed by atoms with Gasteiger partial charge < -0.3 is 16.0 Å². The summed E-state index contributed by atoms with van der Waals surface area (Å²) in [5.41, 5.74) is 8.02. The van der Waals surface area contributed by atoms with Crippen molar-refractivity contribution in [1.82, 2.24) is 15.0 Å². The fraction of sp³-hybridized carbons (Fsp3) is 0.562. The number of nitrogens with zero attached hydrogens (tertiary/aromatic N) is 4. The molecule has 6 nitrogen and oxygen atoms in total. The van der Waals surface area contributed by atoms with Gasteiger partial charge in [0.2, 0.25) is 0 Å². The van der Waals surface area contributed by atoms with Crippen LogP contribution in [0.4, 0.5) is 22.5 Å². The third-order valence-electron chi connectivity index (χ3n) is 4.49. The normalized spacial score (nSPS) is 18.2. The Labute approximate surface area is 141 Å². The van der Waals surface area contributed by atoms with Crippen LogP contribution in [0.25, 0.3) is 0 Å². The number of anilines is 4. The molecule has 0 aromatic carbocycles. The van der Waals surface area contributed by atoms with Crippen molar-refractivity contribution in [3.05, 3.63) is 16.9 Å². The van der Waals surface area contributed by atoms with Gasteiger partial charge in [0.05, 0.1) is 5.69 Å². The Kier molecular flexibility index (Phi) is 4.66. The Morgan fingerprint density at radius 3 is 2.87 bits per heavy atom. The summed E-state index contributed by atoms with van der Waals surface area (Å²) in [5.74, 6) is 1.49. The summed E-state index contributed by atoms with van der Waals surface area (Å²) in [5, 5.41) is 4.07. The van der Waals surface area contributed by atoms with Gasteiger partial charge in [-0.2, -0.15) is 0 Å². The van der Waals surface area contributed by atoms with Crippen LogP contribution in [0.15, 0.2) is 6.33 Å². The summed E-state index contributed by atoms with van der Waals surface area (Å²) in [4.78, 5) is 16.8. The van der Waals surface area contributed by atoms with Gasteiger partial charge in [-0.15, -0.1) is 11.3 Å². The largest absolute Gasteiger partial charge is 0.393 e. The molecule has 7 heteroatoms. The van der Waals surface area contributed by atoms with E-state index in [1.54, 1.807) is 17.7 Å². The van der Waals surface area contributed by atoms with Crippen molar-refractivity contribution in [3.63, 3.8) is 0 Å². The number of hydrogen-bond donors (Lipinski definition) is 2. The van der Waals surface area contributed by atoms with Crippen molar-refractivity contribution >= 4 is 33.8 Å². The molecule has 1 fully saturated rings. The van der Waals surface area contributed by atoms with Gasteiger partial charge in [0.1, 0.15) is 12.0 Å². The summed E-state index contributed by atoms with van der Waals surface area (Å²) >= 11 is 1.61. The highest BCUT2D eigenvalue weighted by Crippen LogP contribution is 2.34. The lowest BCUT2D eigenvalue weighted by atomic mass is 10.00. The van der Waals surface area contributed by atoms with Gasteiger partial charge in [0.15, 0.2) is 16.8 Å². The first-order valence-electron chi connectivity index (χ1n) is 8.18. The second-order valence-electron chi connectivity index (χ2n) is 6.00. The molecule has 23 heavy (non-hydrogen) atoms. The zero-order valence-corrected chi connectivity index (χ0v) is 14.8. The maximum atomic E-state index is 6.37. The molecule has 2 aromatic heterocycles. The van der Waals surface area contributed by atoms with Gasteiger partial charge in [-0.3, -0.25) is 0 Å². The van der Waals surface area contributed by atoms with E-state index in [2.05, 4.69) is 39.0 Å². The van der Waals surface area contributed by atoms with E-state index in [0.717, 1.165) is 29.6 Å². The number of rotatable bonds is 4. The Morgan fingerprint density at radius 2 is 2.17 bits per heavy atom. The molecule has 1 unspecified atom stereocenters. The van der Waals surface area contributed by atoms with Gasteiger partial charge in [0, 0.05) is 17.5 Å². The molecule has 0 amide bonds. The molecule has 124 valence electrons. The van der Waals surface area contributed by atoms with Crippen LogP contribution in [0.5, 0.6) is 0 Å². The van der Waals surface area contributed by atoms with Gasteiger partial charge in [-0.25, -0.2) is 15.0 Å². The summed E-state index contributed by atoms with van der Waals surface area (Å²) in [6.45, 7) is 7.30. The number of nitrogens with one attached hydrogen (secondary N) is 1. The Hall–Kier alpha value is -1.89. The Morgan fingerprint density at radius 1 is 1.35 bits per heavy atom. The molecule has 2 aromatic rings. The first-order valence-corrected chi connectivity index (χ1v) is 9.00. The lowest BCUT2D eigenvalue weighted by Gasteiger charge is -2.36. The first kappa shape index (κ1) is 16.0. The number of hydrogen-bond acceptors (Lipinski definition) is 7. The maximum absolute atomic E-state index is 6.37. The molecule has 0 bridgehead atoms. The molecule has 1 aliphatic rings. The average Bonchev–Trinajstić information content (AvgIpc) is 2.87. The average molecular weight is 332 g/mol. The van der Waals surface area contributed by atoms with E-state index >= 15 is 0 Å². The minimum Gasteiger partial charge on any atom is -0.393 e. The standard InChI is InChI=1S/C16H24N6S/c1-4-12-7-5-6-8-22(12)15-13(17)14(18-9-19-15)21-16-20-10(2)11(3)23-16/h9,12H,4-8,17H2,1-3H3,(H,18,19,20,21). The van der Waals surface area contributed by atoms with Crippen LogP contribution in [0.1, 0.15) is 43.2 Å². The topological polar surface area (TPSA) is 80.0 Å². The van der Waals surface area contributed by atoms with E-state index in [-0.39, 0.29) is 0 Å². The smallest absolute Gasteiger partial charge is 0.188 e. The van der Waals surface area contributed by atoms with Crippen LogP contribution in [0.2, 0.25) is 0 Å². The number of aryl methyl sites for hydroxylation is 2. The van der Waals surface area contributed by atoms with Gasteiger partial charge >= 0.3 is 0 Å². The quantitative estimate of drug-likeness (QED) is 0.889. The van der Waals surface area contributed by atoms with Crippen molar-refractivity contribution in [2.75, 3.05) is 22.5 Å². The molecule has 1 atom stereocenters. The van der Waals surface area contributed by atoms with E-state index in [1.807, 2.05) is 6.92 Å². The fourth-order valence-electron chi connectivity index (χ4n) is 3.05. The first-order chi connectivity index (χ1) is 11.1. The van der Waals surface area contributed by atoms with Crippen LogP contribution in [-0.2, 0) is 0 Å². The number of thiazole rings is 1. The number of piperidine rings is 1. The van der Waals surface area contributed by atoms with E-state index in [0.29, 0.717) is 17.5 Å². The molecule has 3 heterocycles. The fourth-order valence-corrected chi connectivity index (χ4v) is 3.86. The molecule has 0 spiro atoms. The highest BCUT2D eigenvalue weighted by atomic mass is 32.1. The van der Waals surface area contributed by atoms with Gasteiger partial charge in [-0.1, -0.05) is 6.92 Å². The van der Waals surface area contributed by atoms with E-state index < -0.39 is 0 Å². The second kappa shape index (κ2) is 6.70. The Bertz CT molecular complexity index is 664. The second-order valence-corrected chi connectivity index (χ2v) is 7.20. The highest BCUT2D eigenvalue weighted by Gasteiger charge is 2.25. The molecule has 0 aliphatic carbocycles. The summed E-state index contributed by atoms with van der Waals surface area (Å²) < 4.78 is 0. The van der Waals surface area contributed by atoms with Gasteiger partial charge in [0.25, 0.3) is 0 Å². The summed E-state index contributed by atoms with van der Waals surface area (Å²) in [6.07, 6.45) is 6.36. The van der Waals surface area contributed by atoms with Crippen molar-refractivity contribution in [2.24, 2.45) is 0 Å². The van der Waals surface area contributed by atoms with E-state index in [4.69, 9.17) is 5.73 Å². The van der Waals surface area contributed by atoms with Crippen molar-refractivity contribution in [2.45, 2.75) is 52.5 Å². The van der Waals surface area contributed by atoms with E-state index in [9.17, 15) is 0 Å². The molecular formula is C16H24N6S. The van der Waals surface area contributed by atoms with Crippen LogP contribution < -0.4 is 16.0 Å². The summed E-state index contributed by atoms with van der Waals surface area (Å²) in [7, 11) is 0. The van der Waals surface area contributed by atoms with Crippen LogP contribution >= 0.6 is 11.3 Å². The van der Waals surface area contributed by atoms with Gasteiger partial charge in [-0.05, 0) is 39.5 Å². The number of aromatic nitrogens is 3. The van der Waals surface area contributed by atoms with Crippen molar-refractivity contribution < 1.29 is 0 Å². The summed E-state index contributed by atoms with van der Waals surface area (Å²) in [6, 6.07) is 0.512. The van der Waals surface area contributed by atoms with Crippen molar-refractivity contribution in [1.29, 1.82) is 0 Å². The highest BCUT2D eigenvalue weighted by molar-refractivity contribution is 7.15. The lowest BCUT2D eigenvalue weighted by molar-refractivity contribution is 0.447. The predicted octanol–water partition coefficient (Wildman–Crippen LogP) is 3.64. The molecule has 3 N–H and O–H groups in total. The van der Waals surface area contributed by atoms with Crippen LogP contribution in [-0.4, -0.2) is 27.5 Å². The molecular weight excluding hydrogens is 308 g/mol. The monoisotopic (exact) mass is 332 g/mol. The third-order valence-corrected chi connectivity index (χ3v) is 5.48. The number of nitrogen functional groups attached to an aromatic ring is 1. The van der Waals surface area contributed by atoms with Crippen LogP contribution in [0.3, 0.4) is 0 Å². The Balaban J connectivity index is 1.88. The third kappa shape index (κ3) is 3.24. The molecule has 0 radical (unpaired) electrons. The van der Waals surface area contributed by atoms with E-state index in [1.165, 1.54) is 24.1 Å². The molecule has 0 saturated carbocycles. The number of nitrogens with two attached hydrogens (primary N) is 1. The van der Waals surface area contributed by atoms with Crippen LogP contribution in [0, 0.1) is 13.8 Å². The SMILES string of the molecule is CCC1CCCCN1c1ncnc(Nc2nc(C)c(C)s2)c1N. The molecule has 1 saturated heterocycles. The zero-order chi connectivity index (χ0) is 16.4. The minimum atomic E-state index is 0.512. The molecule has 1 aliphatic heterocycles.